The molecule has 4 heteroatoms. The molecule has 0 aliphatic carbocycles. The number of carbonyl (C=O) groups excluding carboxylic acids is 1. The predicted octanol–water partition coefficient (Wildman–Crippen LogP) is 2.38. The molecular weight excluding hydrogens is 216 g/mol. The maximum absolute atomic E-state index is 12.1. The van der Waals surface area contributed by atoms with Crippen molar-refractivity contribution < 1.29 is 9.53 Å². The molecule has 2 atom stereocenters. The van der Waals surface area contributed by atoms with Gasteiger partial charge < -0.3 is 15.0 Å². The zero-order chi connectivity index (χ0) is 13.1. The van der Waals surface area contributed by atoms with Gasteiger partial charge >= 0.3 is 6.09 Å². The van der Waals surface area contributed by atoms with E-state index in [2.05, 4.69) is 19.2 Å². The van der Waals surface area contributed by atoms with Gasteiger partial charge in [0.25, 0.3) is 0 Å². The smallest absolute Gasteiger partial charge is 0.410 e. The lowest BCUT2D eigenvalue weighted by molar-refractivity contribution is 0.00717. The van der Waals surface area contributed by atoms with E-state index >= 15 is 0 Å². The average Bonchev–Trinajstić information content (AvgIpc) is 2.18. The number of amides is 1. The Morgan fingerprint density at radius 2 is 2.12 bits per heavy atom. The minimum Gasteiger partial charge on any atom is -0.444 e. The SMILES string of the molecule is CCC[C@H]1CN[C@H](C)CN1C(=O)OC(C)(C)C. The lowest BCUT2D eigenvalue weighted by Gasteiger charge is -2.39. The summed E-state index contributed by atoms with van der Waals surface area (Å²) in [7, 11) is 0. The van der Waals surface area contributed by atoms with Gasteiger partial charge in [0.2, 0.25) is 0 Å². The first-order valence-corrected chi connectivity index (χ1v) is 6.56. The molecule has 0 radical (unpaired) electrons. The van der Waals surface area contributed by atoms with Gasteiger partial charge in [-0.15, -0.1) is 0 Å². The summed E-state index contributed by atoms with van der Waals surface area (Å²) in [6.07, 6.45) is 1.93. The topological polar surface area (TPSA) is 41.6 Å². The molecule has 1 saturated heterocycles. The van der Waals surface area contributed by atoms with Crippen LogP contribution in [0.5, 0.6) is 0 Å². The fourth-order valence-corrected chi connectivity index (χ4v) is 2.09. The van der Waals surface area contributed by atoms with Gasteiger partial charge in [-0.2, -0.15) is 0 Å². The highest BCUT2D eigenvalue weighted by molar-refractivity contribution is 5.68. The van der Waals surface area contributed by atoms with Crippen LogP contribution in [0.1, 0.15) is 47.5 Å². The third kappa shape index (κ3) is 4.54. The van der Waals surface area contributed by atoms with Crippen molar-refractivity contribution in [2.24, 2.45) is 0 Å². The Hall–Kier alpha value is -0.770. The summed E-state index contributed by atoms with van der Waals surface area (Å²) in [5.74, 6) is 0. The highest BCUT2D eigenvalue weighted by atomic mass is 16.6. The monoisotopic (exact) mass is 242 g/mol. The minimum absolute atomic E-state index is 0.177. The molecule has 17 heavy (non-hydrogen) atoms. The van der Waals surface area contributed by atoms with Crippen LogP contribution in [0.25, 0.3) is 0 Å². The summed E-state index contributed by atoms with van der Waals surface area (Å²) < 4.78 is 5.46. The molecule has 1 fully saturated rings. The van der Waals surface area contributed by atoms with E-state index in [0.29, 0.717) is 6.04 Å². The Balaban J connectivity index is 2.65. The number of nitrogens with one attached hydrogen (secondary N) is 1. The summed E-state index contributed by atoms with van der Waals surface area (Å²) in [6.45, 7) is 11.6. The fourth-order valence-electron chi connectivity index (χ4n) is 2.09. The normalized spacial score (nSPS) is 25.8. The molecule has 0 aromatic heterocycles. The van der Waals surface area contributed by atoms with Crippen molar-refractivity contribution in [2.45, 2.75) is 65.1 Å². The lowest BCUT2D eigenvalue weighted by Crippen LogP contribution is -2.58. The summed E-state index contributed by atoms with van der Waals surface area (Å²) in [5.41, 5.74) is -0.415. The second-order valence-corrected chi connectivity index (χ2v) is 5.88. The molecule has 0 unspecified atom stereocenters. The minimum atomic E-state index is -0.415. The lowest BCUT2D eigenvalue weighted by atomic mass is 10.1. The highest BCUT2D eigenvalue weighted by Crippen LogP contribution is 2.17. The van der Waals surface area contributed by atoms with Crippen molar-refractivity contribution in [1.29, 1.82) is 0 Å². The van der Waals surface area contributed by atoms with Gasteiger partial charge in [0.15, 0.2) is 0 Å². The van der Waals surface area contributed by atoms with Crippen LogP contribution in [0.3, 0.4) is 0 Å². The van der Waals surface area contributed by atoms with Crippen LogP contribution in [0.15, 0.2) is 0 Å². The largest absolute Gasteiger partial charge is 0.444 e. The zero-order valence-electron chi connectivity index (χ0n) is 11.7. The van der Waals surface area contributed by atoms with Crippen LogP contribution < -0.4 is 5.32 Å². The van der Waals surface area contributed by atoms with E-state index in [1.807, 2.05) is 25.7 Å². The van der Waals surface area contributed by atoms with Gasteiger partial charge in [-0.1, -0.05) is 13.3 Å². The Bertz CT molecular complexity index is 261. The third-order valence-corrected chi connectivity index (χ3v) is 2.86. The molecule has 0 bridgehead atoms. The van der Waals surface area contributed by atoms with Gasteiger partial charge in [0, 0.05) is 25.2 Å². The Kier molecular flexibility index (Phi) is 4.80. The number of ether oxygens (including phenoxy) is 1. The second-order valence-electron chi connectivity index (χ2n) is 5.88. The van der Waals surface area contributed by atoms with Crippen molar-refractivity contribution in [1.82, 2.24) is 10.2 Å². The average molecular weight is 242 g/mol. The number of hydrogen-bond donors (Lipinski definition) is 1. The number of nitrogens with zero attached hydrogens (tertiary/aromatic N) is 1. The molecule has 1 heterocycles. The first kappa shape index (κ1) is 14.3. The standard InChI is InChI=1S/C13H26N2O2/c1-6-7-11-8-14-10(2)9-15(11)12(16)17-13(3,4)5/h10-11,14H,6-9H2,1-5H3/t10-,11+/m1/s1. The molecule has 1 rings (SSSR count). The van der Waals surface area contributed by atoms with Crippen LogP contribution in [-0.4, -0.2) is 41.8 Å². The van der Waals surface area contributed by atoms with E-state index < -0.39 is 5.60 Å². The zero-order valence-corrected chi connectivity index (χ0v) is 11.7. The summed E-state index contributed by atoms with van der Waals surface area (Å²) >= 11 is 0. The van der Waals surface area contributed by atoms with E-state index in [4.69, 9.17) is 4.74 Å². The van der Waals surface area contributed by atoms with Crippen LogP contribution in [0.2, 0.25) is 0 Å². The molecule has 0 aromatic rings. The van der Waals surface area contributed by atoms with E-state index in [0.717, 1.165) is 25.9 Å². The number of rotatable bonds is 2. The van der Waals surface area contributed by atoms with Gasteiger partial charge in [-0.25, -0.2) is 4.79 Å². The van der Waals surface area contributed by atoms with E-state index in [1.165, 1.54) is 0 Å². The summed E-state index contributed by atoms with van der Waals surface area (Å²) in [6, 6.07) is 0.613. The first-order chi connectivity index (χ1) is 7.83. The highest BCUT2D eigenvalue weighted by Gasteiger charge is 2.31. The molecule has 1 aliphatic rings. The summed E-state index contributed by atoms with van der Waals surface area (Å²) in [4.78, 5) is 14.0. The van der Waals surface area contributed by atoms with Gasteiger partial charge in [-0.3, -0.25) is 0 Å². The third-order valence-electron chi connectivity index (χ3n) is 2.86. The maximum atomic E-state index is 12.1. The number of hydrogen-bond acceptors (Lipinski definition) is 3. The molecule has 100 valence electrons. The van der Waals surface area contributed by atoms with Crippen molar-refractivity contribution in [3.05, 3.63) is 0 Å². The predicted molar refractivity (Wildman–Crippen MR) is 69.1 cm³/mol. The molecular formula is C13H26N2O2. The van der Waals surface area contributed by atoms with E-state index in [-0.39, 0.29) is 12.1 Å². The quantitative estimate of drug-likeness (QED) is 0.808. The van der Waals surface area contributed by atoms with Crippen molar-refractivity contribution >= 4 is 6.09 Å². The van der Waals surface area contributed by atoms with Crippen molar-refractivity contribution in [3.8, 4) is 0 Å². The Labute approximate surface area is 105 Å². The van der Waals surface area contributed by atoms with Crippen LogP contribution in [0.4, 0.5) is 4.79 Å². The first-order valence-electron chi connectivity index (χ1n) is 6.56. The van der Waals surface area contributed by atoms with E-state index in [1.54, 1.807) is 0 Å². The molecule has 4 nitrogen and oxygen atoms in total. The second kappa shape index (κ2) is 5.71. The molecule has 0 spiro atoms. The summed E-state index contributed by atoms with van der Waals surface area (Å²) in [5, 5.41) is 3.42. The van der Waals surface area contributed by atoms with Crippen LogP contribution >= 0.6 is 0 Å². The fraction of sp³-hybridized carbons (Fsp3) is 0.923. The number of carbonyl (C=O) groups is 1. The molecule has 1 amide bonds. The maximum Gasteiger partial charge on any atom is 0.410 e. The van der Waals surface area contributed by atoms with Gasteiger partial charge in [-0.05, 0) is 34.1 Å². The van der Waals surface area contributed by atoms with Crippen molar-refractivity contribution in [2.75, 3.05) is 13.1 Å². The number of piperazine rings is 1. The van der Waals surface area contributed by atoms with Crippen LogP contribution in [0, 0.1) is 0 Å². The molecule has 1 N–H and O–H groups in total. The van der Waals surface area contributed by atoms with E-state index in [9.17, 15) is 4.79 Å². The van der Waals surface area contributed by atoms with Gasteiger partial charge in [0.05, 0.1) is 0 Å². The molecule has 0 aromatic carbocycles. The molecule has 0 saturated carbocycles. The molecule has 1 aliphatic heterocycles. The Morgan fingerprint density at radius 1 is 1.47 bits per heavy atom. The van der Waals surface area contributed by atoms with Crippen molar-refractivity contribution in [3.63, 3.8) is 0 Å². The van der Waals surface area contributed by atoms with Crippen LogP contribution in [-0.2, 0) is 4.74 Å². The van der Waals surface area contributed by atoms with Gasteiger partial charge in [0.1, 0.15) is 5.60 Å². The Morgan fingerprint density at radius 3 is 2.65 bits per heavy atom.